The Balaban J connectivity index is 2.42. The third-order valence-corrected chi connectivity index (χ3v) is 4.41. The first-order valence-corrected chi connectivity index (χ1v) is 7.43. The Morgan fingerprint density at radius 2 is 2.21 bits per heavy atom. The summed E-state index contributed by atoms with van der Waals surface area (Å²) in [5, 5.41) is 15.9. The summed E-state index contributed by atoms with van der Waals surface area (Å²) < 4.78 is 5.75. The maximum absolute atomic E-state index is 9.80. The van der Waals surface area contributed by atoms with Crippen LogP contribution in [0.2, 0.25) is 0 Å². The number of phenols is 1. The van der Waals surface area contributed by atoms with Crippen molar-refractivity contribution in [2.24, 2.45) is 0 Å². The highest BCUT2D eigenvalue weighted by molar-refractivity contribution is 9.10. The van der Waals surface area contributed by atoms with E-state index in [0.29, 0.717) is 10.2 Å². The highest BCUT2D eigenvalue weighted by Gasteiger charge is 2.14. The first-order valence-electron chi connectivity index (χ1n) is 5.76. The number of benzene rings is 1. The first kappa shape index (κ1) is 14.3. The van der Waals surface area contributed by atoms with E-state index in [-0.39, 0.29) is 11.8 Å². The van der Waals surface area contributed by atoms with Gasteiger partial charge in [-0.2, -0.15) is 0 Å². The van der Waals surface area contributed by atoms with Gasteiger partial charge in [-0.3, -0.25) is 0 Å². The second-order valence-corrected chi connectivity index (χ2v) is 5.81. The summed E-state index contributed by atoms with van der Waals surface area (Å²) in [6, 6.07) is 3.84. The predicted molar refractivity (Wildman–Crippen MR) is 80.9 cm³/mol. The van der Waals surface area contributed by atoms with Crippen LogP contribution >= 0.6 is 27.3 Å². The van der Waals surface area contributed by atoms with Gasteiger partial charge in [0.2, 0.25) is 0 Å². The van der Waals surface area contributed by atoms with Gasteiger partial charge in [-0.25, -0.2) is 4.98 Å². The summed E-state index contributed by atoms with van der Waals surface area (Å²) in [7, 11) is 3.44. The van der Waals surface area contributed by atoms with Crippen LogP contribution in [0.15, 0.2) is 22.0 Å². The van der Waals surface area contributed by atoms with Gasteiger partial charge in [-0.1, -0.05) is 0 Å². The van der Waals surface area contributed by atoms with Crippen LogP contribution in [0, 0.1) is 0 Å². The van der Waals surface area contributed by atoms with Crippen LogP contribution in [-0.2, 0) is 0 Å². The van der Waals surface area contributed by atoms with E-state index in [1.165, 1.54) is 7.11 Å². The number of thiazole rings is 1. The van der Waals surface area contributed by atoms with E-state index >= 15 is 0 Å². The molecule has 0 aliphatic rings. The topological polar surface area (TPSA) is 54.4 Å². The van der Waals surface area contributed by atoms with Gasteiger partial charge in [0, 0.05) is 17.0 Å². The summed E-state index contributed by atoms with van der Waals surface area (Å²) in [5.41, 5.74) is 1.92. The average molecular weight is 343 g/mol. The molecule has 1 atom stereocenters. The number of nitrogens with one attached hydrogen (secondary N) is 1. The maximum atomic E-state index is 9.80. The molecule has 0 radical (unpaired) electrons. The van der Waals surface area contributed by atoms with Gasteiger partial charge in [-0.15, -0.1) is 11.3 Å². The number of ether oxygens (including phenoxy) is 1. The molecule has 1 heterocycles. The van der Waals surface area contributed by atoms with Crippen LogP contribution in [0.25, 0.3) is 10.6 Å². The number of hydrogen-bond acceptors (Lipinski definition) is 5. The lowest BCUT2D eigenvalue weighted by Gasteiger charge is -2.08. The van der Waals surface area contributed by atoms with E-state index in [0.717, 1.165) is 16.3 Å². The van der Waals surface area contributed by atoms with E-state index in [9.17, 15) is 5.11 Å². The number of aromatic nitrogens is 1. The van der Waals surface area contributed by atoms with Crippen LogP contribution in [0.1, 0.15) is 18.7 Å². The number of aromatic hydroxyl groups is 1. The van der Waals surface area contributed by atoms with Crippen molar-refractivity contribution in [3.63, 3.8) is 0 Å². The highest BCUT2D eigenvalue weighted by atomic mass is 79.9. The molecule has 0 spiro atoms. The van der Waals surface area contributed by atoms with Gasteiger partial charge < -0.3 is 15.2 Å². The summed E-state index contributed by atoms with van der Waals surface area (Å²) >= 11 is 4.89. The summed E-state index contributed by atoms with van der Waals surface area (Å²) in [6.07, 6.45) is 0. The molecule has 6 heteroatoms. The quantitative estimate of drug-likeness (QED) is 0.891. The minimum absolute atomic E-state index is 0.103. The first-order chi connectivity index (χ1) is 9.06. The number of nitrogens with zero attached hydrogens (tertiary/aromatic N) is 1. The van der Waals surface area contributed by atoms with E-state index in [2.05, 4.69) is 33.2 Å². The van der Waals surface area contributed by atoms with Crippen molar-refractivity contribution in [2.75, 3.05) is 14.2 Å². The highest BCUT2D eigenvalue weighted by Crippen LogP contribution is 2.39. The third-order valence-electron chi connectivity index (χ3n) is 2.89. The monoisotopic (exact) mass is 342 g/mol. The van der Waals surface area contributed by atoms with Crippen LogP contribution in [-0.4, -0.2) is 24.2 Å². The minimum Gasteiger partial charge on any atom is -0.503 e. The molecule has 0 bridgehead atoms. The van der Waals surface area contributed by atoms with Gasteiger partial charge in [0.25, 0.3) is 0 Å². The summed E-state index contributed by atoms with van der Waals surface area (Å²) in [6.45, 7) is 2.06. The van der Waals surface area contributed by atoms with E-state index in [4.69, 9.17) is 4.74 Å². The van der Waals surface area contributed by atoms with E-state index in [1.807, 2.05) is 18.5 Å². The van der Waals surface area contributed by atoms with Crippen molar-refractivity contribution in [3.05, 3.63) is 27.7 Å². The van der Waals surface area contributed by atoms with Gasteiger partial charge in [0.15, 0.2) is 11.5 Å². The molecule has 0 aliphatic heterocycles. The Hall–Kier alpha value is -1.11. The number of halogens is 1. The van der Waals surface area contributed by atoms with Crippen molar-refractivity contribution < 1.29 is 9.84 Å². The standard InChI is InChI=1S/C13H15BrN2O2S/c1-7(15-2)10-6-19-13(16-10)8-4-9(14)12(17)11(5-8)18-3/h4-7,15,17H,1-3H3. The lowest BCUT2D eigenvalue weighted by atomic mass is 10.2. The molecular weight excluding hydrogens is 328 g/mol. The van der Waals surface area contributed by atoms with Crippen LogP contribution in [0.5, 0.6) is 11.5 Å². The van der Waals surface area contributed by atoms with Gasteiger partial charge in [0.1, 0.15) is 5.01 Å². The predicted octanol–water partition coefficient (Wildman–Crippen LogP) is 3.57. The molecule has 19 heavy (non-hydrogen) atoms. The molecule has 0 fully saturated rings. The maximum Gasteiger partial charge on any atom is 0.172 e. The lowest BCUT2D eigenvalue weighted by molar-refractivity contribution is 0.372. The molecule has 102 valence electrons. The van der Waals surface area contributed by atoms with E-state index in [1.54, 1.807) is 17.4 Å². The number of methoxy groups -OCH3 is 1. The van der Waals surface area contributed by atoms with Crippen LogP contribution in [0.4, 0.5) is 0 Å². The molecule has 1 aromatic carbocycles. The molecule has 0 saturated carbocycles. The molecule has 2 aromatic rings. The minimum atomic E-state index is 0.103. The summed E-state index contributed by atoms with van der Waals surface area (Å²) in [5.74, 6) is 0.536. The molecule has 0 aliphatic carbocycles. The van der Waals surface area contributed by atoms with Crippen LogP contribution in [0.3, 0.4) is 0 Å². The van der Waals surface area contributed by atoms with Crippen LogP contribution < -0.4 is 10.1 Å². The second kappa shape index (κ2) is 5.90. The van der Waals surface area contributed by atoms with Gasteiger partial charge in [0.05, 0.1) is 17.3 Å². The fourth-order valence-corrected chi connectivity index (χ4v) is 2.96. The van der Waals surface area contributed by atoms with Crippen molar-refractivity contribution in [2.45, 2.75) is 13.0 Å². The Morgan fingerprint density at radius 1 is 1.47 bits per heavy atom. The van der Waals surface area contributed by atoms with Crippen molar-refractivity contribution in [3.8, 4) is 22.1 Å². The smallest absolute Gasteiger partial charge is 0.172 e. The second-order valence-electron chi connectivity index (χ2n) is 4.10. The molecule has 2 rings (SSSR count). The normalized spacial score (nSPS) is 12.4. The van der Waals surface area contributed by atoms with E-state index < -0.39 is 0 Å². The Morgan fingerprint density at radius 3 is 2.84 bits per heavy atom. The van der Waals surface area contributed by atoms with Gasteiger partial charge >= 0.3 is 0 Å². The molecule has 2 N–H and O–H groups in total. The Bertz CT molecular complexity index is 586. The fraction of sp³-hybridized carbons (Fsp3) is 0.308. The lowest BCUT2D eigenvalue weighted by Crippen LogP contribution is -2.12. The van der Waals surface area contributed by atoms with Crippen molar-refractivity contribution in [1.29, 1.82) is 0 Å². The molecular formula is C13H15BrN2O2S. The van der Waals surface area contributed by atoms with Crippen molar-refractivity contribution in [1.82, 2.24) is 10.3 Å². The van der Waals surface area contributed by atoms with Crippen molar-refractivity contribution >= 4 is 27.3 Å². The zero-order chi connectivity index (χ0) is 14.0. The number of rotatable bonds is 4. The Labute approximate surface area is 124 Å². The van der Waals surface area contributed by atoms with Gasteiger partial charge in [-0.05, 0) is 42.0 Å². The Kier molecular flexibility index (Phi) is 4.44. The summed E-state index contributed by atoms with van der Waals surface area (Å²) in [4.78, 5) is 4.60. The number of hydrogen-bond donors (Lipinski definition) is 2. The zero-order valence-corrected chi connectivity index (χ0v) is 13.3. The molecule has 0 saturated heterocycles. The molecule has 1 unspecified atom stereocenters. The zero-order valence-electron chi connectivity index (χ0n) is 10.9. The molecule has 1 aromatic heterocycles. The fourth-order valence-electron chi connectivity index (χ4n) is 1.62. The number of phenolic OH excluding ortho intramolecular Hbond substituents is 1. The molecule has 0 amide bonds. The average Bonchev–Trinajstić information content (AvgIpc) is 2.90. The largest absolute Gasteiger partial charge is 0.503 e. The third kappa shape index (κ3) is 2.91. The SMILES string of the molecule is CNC(C)c1csc(-c2cc(Br)c(O)c(OC)c2)n1. The molecule has 4 nitrogen and oxygen atoms in total.